The van der Waals surface area contributed by atoms with Gasteiger partial charge in [0, 0.05) is 24.5 Å². The first-order valence-corrected chi connectivity index (χ1v) is 4.82. The molecule has 74 valence electrons. The maximum absolute atomic E-state index is 4.21. The van der Waals surface area contributed by atoms with Crippen molar-refractivity contribution in [3.63, 3.8) is 0 Å². The van der Waals surface area contributed by atoms with E-state index in [0.717, 1.165) is 12.2 Å². The van der Waals surface area contributed by atoms with Crippen LogP contribution >= 0.6 is 0 Å². The molecule has 3 heteroatoms. The summed E-state index contributed by atoms with van der Waals surface area (Å²) in [6, 6.07) is 1.07. The summed E-state index contributed by atoms with van der Waals surface area (Å²) in [6.45, 7) is 6.46. The van der Waals surface area contributed by atoms with Gasteiger partial charge in [-0.2, -0.15) is 0 Å². The van der Waals surface area contributed by atoms with Gasteiger partial charge in [0.05, 0.1) is 0 Å². The highest BCUT2D eigenvalue weighted by atomic mass is 15.1. The van der Waals surface area contributed by atoms with Crippen molar-refractivity contribution in [2.24, 2.45) is 0 Å². The Labute approximate surface area is 80.2 Å². The molecule has 0 amide bonds. The van der Waals surface area contributed by atoms with Crippen molar-refractivity contribution in [3.05, 3.63) is 18.2 Å². The zero-order valence-corrected chi connectivity index (χ0v) is 8.91. The summed E-state index contributed by atoms with van der Waals surface area (Å²) in [4.78, 5) is 4.21. The van der Waals surface area contributed by atoms with E-state index in [-0.39, 0.29) is 0 Å². The van der Waals surface area contributed by atoms with E-state index in [1.165, 1.54) is 0 Å². The number of rotatable bonds is 4. The molecule has 1 rings (SSSR count). The molecule has 2 unspecified atom stereocenters. The molecule has 0 aromatic carbocycles. The van der Waals surface area contributed by atoms with E-state index in [4.69, 9.17) is 0 Å². The largest absolute Gasteiger partial charge is 0.332 e. The lowest BCUT2D eigenvalue weighted by Crippen LogP contribution is -2.24. The molecule has 13 heavy (non-hydrogen) atoms. The van der Waals surface area contributed by atoms with E-state index in [0.29, 0.717) is 12.1 Å². The molecule has 0 fully saturated rings. The summed E-state index contributed by atoms with van der Waals surface area (Å²) in [5.74, 6) is 1.09. The molecule has 0 saturated carbocycles. The standard InChI is InChI=1S/C10H19N3/c1-8(11-4)7-9(2)13-6-5-12-10(13)3/h5-6,8-9,11H,7H2,1-4H3. The van der Waals surface area contributed by atoms with E-state index in [1.54, 1.807) is 0 Å². The Morgan fingerprint density at radius 1 is 1.54 bits per heavy atom. The molecule has 3 nitrogen and oxygen atoms in total. The fraction of sp³-hybridized carbons (Fsp3) is 0.700. The second-order valence-electron chi connectivity index (χ2n) is 3.66. The van der Waals surface area contributed by atoms with Gasteiger partial charge in [-0.15, -0.1) is 0 Å². The van der Waals surface area contributed by atoms with Gasteiger partial charge in [0.2, 0.25) is 0 Å². The number of nitrogens with one attached hydrogen (secondary N) is 1. The first-order chi connectivity index (χ1) is 6.15. The second-order valence-corrected chi connectivity index (χ2v) is 3.66. The Hall–Kier alpha value is -0.830. The first-order valence-electron chi connectivity index (χ1n) is 4.82. The fourth-order valence-electron chi connectivity index (χ4n) is 1.60. The summed E-state index contributed by atoms with van der Waals surface area (Å²) in [7, 11) is 2.00. The molecule has 0 saturated heterocycles. The molecule has 0 spiro atoms. The Morgan fingerprint density at radius 3 is 2.69 bits per heavy atom. The minimum Gasteiger partial charge on any atom is -0.332 e. The van der Waals surface area contributed by atoms with Gasteiger partial charge in [-0.25, -0.2) is 4.98 Å². The molecule has 0 bridgehead atoms. The molecule has 1 aromatic rings. The van der Waals surface area contributed by atoms with Crippen LogP contribution in [0, 0.1) is 6.92 Å². The smallest absolute Gasteiger partial charge is 0.105 e. The lowest BCUT2D eigenvalue weighted by Gasteiger charge is -2.19. The highest BCUT2D eigenvalue weighted by Crippen LogP contribution is 2.14. The van der Waals surface area contributed by atoms with Crippen molar-refractivity contribution in [2.45, 2.75) is 39.3 Å². The van der Waals surface area contributed by atoms with Gasteiger partial charge in [0.25, 0.3) is 0 Å². The number of hydrogen-bond donors (Lipinski definition) is 1. The van der Waals surface area contributed by atoms with Crippen LogP contribution in [-0.2, 0) is 0 Å². The molecule has 0 radical (unpaired) electrons. The average molecular weight is 181 g/mol. The maximum atomic E-state index is 4.21. The third kappa shape index (κ3) is 2.56. The predicted octanol–water partition coefficient (Wildman–Crippen LogP) is 1.75. The molecule has 1 heterocycles. The minimum atomic E-state index is 0.518. The summed E-state index contributed by atoms with van der Waals surface area (Å²) in [5, 5.41) is 3.24. The third-order valence-corrected chi connectivity index (χ3v) is 2.52. The van der Waals surface area contributed by atoms with Crippen LogP contribution in [-0.4, -0.2) is 22.6 Å². The monoisotopic (exact) mass is 181 g/mol. The Kier molecular flexibility index (Phi) is 3.48. The van der Waals surface area contributed by atoms with E-state index < -0.39 is 0 Å². The van der Waals surface area contributed by atoms with Crippen LogP contribution in [0.1, 0.15) is 32.1 Å². The molecule has 0 aliphatic carbocycles. The highest BCUT2D eigenvalue weighted by molar-refractivity contribution is 4.91. The molecule has 0 aliphatic rings. The normalized spacial score (nSPS) is 15.7. The van der Waals surface area contributed by atoms with Crippen molar-refractivity contribution in [1.29, 1.82) is 0 Å². The van der Waals surface area contributed by atoms with Crippen molar-refractivity contribution in [1.82, 2.24) is 14.9 Å². The van der Waals surface area contributed by atoms with Crippen molar-refractivity contribution < 1.29 is 0 Å². The van der Waals surface area contributed by atoms with Gasteiger partial charge in [0.15, 0.2) is 0 Å². The molecule has 1 aromatic heterocycles. The van der Waals surface area contributed by atoms with Crippen molar-refractivity contribution >= 4 is 0 Å². The Balaban J connectivity index is 2.58. The fourth-order valence-corrected chi connectivity index (χ4v) is 1.60. The van der Waals surface area contributed by atoms with Gasteiger partial charge in [-0.3, -0.25) is 0 Å². The van der Waals surface area contributed by atoms with Crippen LogP contribution in [0.3, 0.4) is 0 Å². The lowest BCUT2D eigenvalue weighted by molar-refractivity contribution is 0.425. The summed E-state index contributed by atoms with van der Waals surface area (Å²) in [5.41, 5.74) is 0. The van der Waals surface area contributed by atoms with Gasteiger partial charge in [0.1, 0.15) is 5.82 Å². The van der Waals surface area contributed by atoms with Gasteiger partial charge in [-0.1, -0.05) is 0 Å². The first kappa shape index (κ1) is 10.3. The third-order valence-electron chi connectivity index (χ3n) is 2.52. The zero-order valence-electron chi connectivity index (χ0n) is 8.91. The average Bonchev–Trinajstić information content (AvgIpc) is 2.51. The quantitative estimate of drug-likeness (QED) is 0.767. The minimum absolute atomic E-state index is 0.518. The number of aromatic nitrogens is 2. The summed E-state index contributed by atoms with van der Waals surface area (Å²) >= 11 is 0. The SMILES string of the molecule is CNC(C)CC(C)n1ccnc1C. The van der Waals surface area contributed by atoms with Crippen molar-refractivity contribution in [3.8, 4) is 0 Å². The van der Waals surface area contributed by atoms with E-state index >= 15 is 0 Å². The van der Waals surface area contributed by atoms with E-state index in [1.807, 2.05) is 26.4 Å². The Morgan fingerprint density at radius 2 is 2.23 bits per heavy atom. The van der Waals surface area contributed by atoms with Gasteiger partial charge >= 0.3 is 0 Å². The number of hydrogen-bond acceptors (Lipinski definition) is 2. The van der Waals surface area contributed by atoms with E-state index in [9.17, 15) is 0 Å². The van der Waals surface area contributed by atoms with Crippen molar-refractivity contribution in [2.75, 3.05) is 7.05 Å². The van der Waals surface area contributed by atoms with Crippen LogP contribution in [0.15, 0.2) is 12.4 Å². The topological polar surface area (TPSA) is 29.9 Å². The zero-order chi connectivity index (χ0) is 9.84. The van der Waals surface area contributed by atoms with Gasteiger partial charge in [-0.05, 0) is 34.2 Å². The molecule has 2 atom stereocenters. The molecular formula is C10H19N3. The number of nitrogens with zero attached hydrogens (tertiary/aromatic N) is 2. The van der Waals surface area contributed by atoms with E-state index in [2.05, 4.69) is 28.7 Å². The second kappa shape index (κ2) is 4.42. The summed E-state index contributed by atoms with van der Waals surface area (Å²) in [6.07, 6.45) is 5.03. The maximum Gasteiger partial charge on any atom is 0.105 e. The van der Waals surface area contributed by atoms with Crippen LogP contribution < -0.4 is 5.32 Å². The summed E-state index contributed by atoms with van der Waals surface area (Å²) < 4.78 is 2.22. The number of aryl methyl sites for hydroxylation is 1. The Bertz CT molecular complexity index is 254. The highest BCUT2D eigenvalue weighted by Gasteiger charge is 2.09. The molecule has 1 N–H and O–H groups in total. The van der Waals surface area contributed by atoms with Gasteiger partial charge < -0.3 is 9.88 Å². The lowest BCUT2D eigenvalue weighted by atomic mass is 10.1. The predicted molar refractivity (Wildman–Crippen MR) is 54.8 cm³/mol. The van der Waals surface area contributed by atoms with Crippen LogP contribution in [0.5, 0.6) is 0 Å². The molecular weight excluding hydrogens is 162 g/mol. The van der Waals surface area contributed by atoms with Crippen LogP contribution in [0.4, 0.5) is 0 Å². The number of imidazole rings is 1. The van der Waals surface area contributed by atoms with Crippen LogP contribution in [0.25, 0.3) is 0 Å². The van der Waals surface area contributed by atoms with Crippen LogP contribution in [0.2, 0.25) is 0 Å². The molecule has 0 aliphatic heterocycles.